The summed E-state index contributed by atoms with van der Waals surface area (Å²) in [6.07, 6.45) is 8.59. The van der Waals surface area contributed by atoms with Crippen molar-refractivity contribution in [2.24, 2.45) is 11.8 Å². The summed E-state index contributed by atoms with van der Waals surface area (Å²) in [5, 5.41) is 0. The number of benzene rings is 1. The Labute approximate surface area is 166 Å². The second-order valence-electron chi connectivity index (χ2n) is 8.55. The molecule has 3 heteroatoms. The molecule has 0 aromatic heterocycles. The second-order valence-corrected chi connectivity index (χ2v) is 8.55. The normalized spacial score (nSPS) is 20.0. The lowest BCUT2D eigenvalue weighted by molar-refractivity contribution is -0.153. The van der Waals surface area contributed by atoms with Crippen molar-refractivity contribution in [2.75, 3.05) is 13.1 Å². The van der Waals surface area contributed by atoms with Gasteiger partial charge in [0.25, 0.3) is 5.91 Å². The molecule has 1 saturated carbocycles. The zero-order chi connectivity index (χ0) is 19.7. The summed E-state index contributed by atoms with van der Waals surface area (Å²) in [4.78, 5) is 15.4. The molecule has 1 saturated heterocycles. The molecule has 0 radical (unpaired) electrons. The summed E-state index contributed by atoms with van der Waals surface area (Å²) < 4.78 is 6.34. The molecule has 1 heterocycles. The maximum absolute atomic E-state index is 13.4. The van der Waals surface area contributed by atoms with Crippen LogP contribution in [0.3, 0.4) is 0 Å². The summed E-state index contributed by atoms with van der Waals surface area (Å²) in [5.74, 6) is 2.52. The standard InChI is InChI=1S/C21H31NO2.C3H8/c1-17(2)18-11-15-22(16-12-18)20(23)21(13-7-4-8-14-21)24-19-9-5-3-6-10-19;1-3-2/h3,5-6,9-10,17-18H,4,7-8,11-16H2,1-2H3;3H2,1-2H3. The average molecular weight is 374 g/mol. The van der Waals surface area contributed by atoms with E-state index in [0.717, 1.165) is 63.3 Å². The number of likely N-dealkylation sites (tertiary alicyclic amines) is 1. The molecule has 3 nitrogen and oxygen atoms in total. The Kier molecular flexibility index (Phi) is 8.66. The van der Waals surface area contributed by atoms with Crippen LogP contribution < -0.4 is 4.74 Å². The van der Waals surface area contributed by atoms with Crippen molar-refractivity contribution in [1.82, 2.24) is 4.90 Å². The first-order chi connectivity index (χ1) is 13.0. The Hall–Kier alpha value is -1.51. The molecule has 0 unspecified atom stereocenters. The van der Waals surface area contributed by atoms with Crippen molar-refractivity contribution in [3.05, 3.63) is 30.3 Å². The Morgan fingerprint density at radius 2 is 1.63 bits per heavy atom. The topological polar surface area (TPSA) is 29.5 Å². The molecule has 1 amide bonds. The Balaban J connectivity index is 0.000000817. The quantitative estimate of drug-likeness (QED) is 0.640. The monoisotopic (exact) mass is 373 g/mol. The van der Waals surface area contributed by atoms with Gasteiger partial charge in [-0.05, 0) is 62.5 Å². The van der Waals surface area contributed by atoms with Gasteiger partial charge in [0.05, 0.1) is 0 Å². The number of nitrogens with zero attached hydrogens (tertiary/aromatic N) is 1. The van der Waals surface area contributed by atoms with Crippen LogP contribution in [0.4, 0.5) is 0 Å². The zero-order valence-corrected chi connectivity index (χ0v) is 17.9. The maximum Gasteiger partial charge on any atom is 0.266 e. The summed E-state index contributed by atoms with van der Waals surface area (Å²) in [6, 6.07) is 9.87. The minimum atomic E-state index is -0.635. The van der Waals surface area contributed by atoms with E-state index in [0.29, 0.717) is 5.92 Å². The number of piperidine rings is 1. The number of rotatable bonds is 4. The third-order valence-electron chi connectivity index (χ3n) is 5.88. The summed E-state index contributed by atoms with van der Waals surface area (Å²) >= 11 is 0. The predicted molar refractivity (Wildman–Crippen MR) is 113 cm³/mol. The summed E-state index contributed by atoms with van der Waals surface area (Å²) in [7, 11) is 0. The fourth-order valence-electron chi connectivity index (χ4n) is 4.25. The van der Waals surface area contributed by atoms with E-state index in [9.17, 15) is 4.79 Å². The van der Waals surface area contributed by atoms with Gasteiger partial charge in [0.1, 0.15) is 5.75 Å². The van der Waals surface area contributed by atoms with Gasteiger partial charge in [-0.2, -0.15) is 0 Å². The summed E-state index contributed by atoms with van der Waals surface area (Å²) in [5.41, 5.74) is -0.635. The molecular weight excluding hydrogens is 334 g/mol. The molecule has 0 atom stereocenters. The van der Waals surface area contributed by atoms with Gasteiger partial charge in [0.15, 0.2) is 5.60 Å². The van der Waals surface area contributed by atoms with Crippen LogP contribution in [0.1, 0.15) is 79.1 Å². The fourth-order valence-corrected chi connectivity index (χ4v) is 4.25. The van der Waals surface area contributed by atoms with Crippen LogP contribution in [0, 0.1) is 11.8 Å². The van der Waals surface area contributed by atoms with E-state index >= 15 is 0 Å². The van der Waals surface area contributed by atoms with Gasteiger partial charge in [0.2, 0.25) is 0 Å². The molecule has 2 fully saturated rings. The van der Waals surface area contributed by atoms with Crippen LogP contribution in [0.5, 0.6) is 5.75 Å². The first-order valence-corrected chi connectivity index (χ1v) is 11.1. The smallest absolute Gasteiger partial charge is 0.266 e. The van der Waals surface area contributed by atoms with Gasteiger partial charge in [-0.1, -0.05) is 58.7 Å². The lowest BCUT2D eigenvalue weighted by Crippen LogP contribution is -2.55. The number of carbonyl (C=O) groups is 1. The molecule has 1 aromatic carbocycles. The lowest BCUT2D eigenvalue weighted by Gasteiger charge is -2.42. The van der Waals surface area contributed by atoms with Crippen molar-refractivity contribution < 1.29 is 9.53 Å². The molecule has 27 heavy (non-hydrogen) atoms. The molecule has 0 spiro atoms. The van der Waals surface area contributed by atoms with Gasteiger partial charge >= 0.3 is 0 Å². The molecule has 3 rings (SSSR count). The number of amides is 1. The van der Waals surface area contributed by atoms with Crippen molar-refractivity contribution in [3.8, 4) is 5.75 Å². The highest BCUT2D eigenvalue weighted by atomic mass is 16.5. The largest absolute Gasteiger partial charge is 0.477 e. The highest BCUT2D eigenvalue weighted by molar-refractivity contribution is 5.86. The van der Waals surface area contributed by atoms with E-state index in [4.69, 9.17) is 4.74 Å². The zero-order valence-electron chi connectivity index (χ0n) is 17.9. The van der Waals surface area contributed by atoms with Crippen LogP contribution >= 0.6 is 0 Å². The van der Waals surface area contributed by atoms with E-state index in [1.807, 2.05) is 30.3 Å². The molecule has 1 aromatic rings. The fraction of sp³-hybridized carbons (Fsp3) is 0.708. The molecular formula is C24H39NO2. The highest BCUT2D eigenvalue weighted by Crippen LogP contribution is 2.36. The van der Waals surface area contributed by atoms with Crippen LogP contribution in [-0.4, -0.2) is 29.5 Å². The van der Waals surface area contributed by atoms with Crippen molar-refractivity contribution >= 4 is 5.91 Å². The molecule has 0 N–H and O–H groups in total. The van der Waals surface area contributed by atoms with Gasteiger partial charge in [-0.25, -0.2) is 0 Å². The van der Waals surface area contributed by atoms with E-state index in [-0.39, 0.29) is 5.91 Å². The van der Waals surface area contributed by atoms with Gasteiger partial charge < -0.3 is 9.64 Å². The third kappa shape index (κ3) is 5.99. The van der Waals surface area contributed by atoms with Crippen LogP contribution in [-0.2, 0) is 4.79 Å². The SMILES string of the molecule is CC(C)C1CCN(C(=O)C2(Oc3ccccc3)CCCCC2)CC1.CCC. The Bertz CT molecular complexity index is 541. The second kappa shape index (κ2) is 10.7. The van der Waals surface area contributed by atoms with Crippen LogP contribution in [0.15, 0.2) is 30.3 Å². The van der Waals surface area contributed by atoms with Crippen molar-refractivity contribution in [2.45, 2.75) is 84.7 Å². The van der Waals surface area contributed by atoms with Gasteiger partial charge in [-0.3, -0.25) is 4.79 Å². The van der Waals surface area contributed by atoms with E-state index in [2.05, 4.69) is 32.6 Å². The van der Waals surface area contributed by atoms with E-state index in [1.54, 1.807) is 0 Å². The van der Waals surface area contributed by atoms with Crippen molar-refractivity contribution in [1.29, 1.82) is 0 Å². The molecule has 0 bridgehead atoms. The predicted octanol–water partition coefficient (Wildman–Crippen LogP) is 6.08. The van der Waals surface area contributed by atoms with Crippen molar-refractivity contribution in [3.63, 3.8) is 0 Å². The minimum Gasteiger partial charge on any atom is -0.477 e. The van der Waals surface area contributed by atoms with Gasteiger partial charge in [-0.15, -0.1) is 0 Å². The third-order valence-corrected chi connectivity index (χ3v) is 5.88. The van der Waals surface area contributed by atoms with Crippen LogP contribution in [0.25, 0.3) is 0 Å². The average Bonchev–Trinajstić information content (AvgIpc) is 2.69. The Morgan fingerprint density at radius 3 is 2.15 bits per heavy atom. The first-order valence-electron chi connectivity index (χ1n) is 11.1. The number of para-hydroxylation sites is 1. The Morgan fingerprint density at radius 1 is 1.07 bits per heavy atom. The number of hydrogen-bond acceptors (Lipinski definition) is 2. The van der Waals surface area contributed by atoms with E-state index < -0.39 is 5.60 Å². The maximum atomic E-state index is 13.4. The first kappa shape index (κ1) is 21.8. The van der Waals surface area contributed by atoms with Crippen LogP contribution in [0.2, 0.25) is 0 Å². The molecule has 152 valence electrons. The minimum absolute atomic E-state index is 0.230. The molecule has 1 aliphatic carbocycles. The molecule has 2 aliphatic rings. The number of carbonyl (C=O) groups excluding carboxylic acids is 1. The highest BCUT2D eigenvalue weighted by Gasteiger charge is 2.45. The lowest BCUT2D eigenvalue weighted by atomic mass is 9.81. The number of ether oxygens (including phenoxy) is 1. The van der Waals surface area contributed by atoms with Gasteiger partial charge in [0, 0.05) is 13.1 Å². The summed E-state index contributed by atoms with van der Waals surface area (Å²) in [6.45, 7) is 10.6. The number of hydrogen-bond donors (Lipinski definition) is 0. The molecule has 1 aliphatic heterocycles. The van der Waals surface area contributed by atoms with E-state index in [1.165, 1.54) is 12.8 Å².